The minimum Gasteiger partial charge on any atom is -0.464 e. The smallest absolute Gasteiger partial charge is 0.130 e. The van der Waals surface area contributed by atoms with Crippen molar-refractivity contribution in [1.29, 1.82) is 0 Å². The molecule has 0 aliphatic heterocycles. The lowest BCUT2D eigenvalue weighted by molar-refractivity contribution is 0.0903. The van der Waals surface area contributed by atoms with E-state index in [1.54, 1.807) is 18.2 Å². The second kappa shape index (κ2) is 6.50. The molecule has 1 aromatic heterocycles. The summed E-state index contributed by atoms with van der Waals surface area (Å²) in [6, 6.07) is 8.58. The first-order chi connectivity index (χ1) is 9.20. The fourth-order valence-electron chi connectivity index (χ4n) is 1.90. The summed E-state index contributed by atoms with van der Waals surface area (Å²) in [4.78, 5) is 0. The molecule has 1 N–H and O–H groups in total. The molecule has 0 spiro atoms. The summed E-state index contributed by atoms with van der Waals surface area (Å²) in [5.74, 6) is 1.41. The lowest BCUT2D eigenvalue weighted by atomic mass is 10.2. The zero-order chi connectivity index (χ0) is 13.7. The van der Waals surface area contributed by atoms with Gasteiger partial charge in [0.2, 0.25) is 0 Å². The van der Waals surface area contributed by atoms with Crippen molar-refractivity contribution >= 4 is 0 Å². The van der Waals surface area contributed by atoms with Crippen molar-refractivity contribution < 1.29 is 13.5 Å². The predicted molar refractivity (Wildman–Crippen MR) is 71.1 cm³/mol. The third-order valence-electron chi connectivity index (χ3n) is 2.90. The monoisotopic (exact) mass is 263 g/mol. The quantitative estimate of drug-likeness (QED) is 0.869. The first-order valence-corrected chi connectivity index (χ1v) is 6.24. The van der Waals surface area contributed by atoms with Crippen LogP contribution in [0.15, 0.2) is 34.7 Å². The molecule has 3 nitrogen and oxygen atoms in total. The van der Waals surface area contributed by atoms with Crippen molar-refractivity contribution in [2.24, 2.45) is 0 Å². The van der Waals surface area contributed by atoms with Gasteiger partial charge < -0.3 is 14.5 Å². The van der Waals surface area contributed by atoms with Gasteiger partial charge in [-0.1, -0.05) is 18.2 Å². The fraction of sp³-hybridized carbons (Fsp3) is 0.333. The Labute approximate surface area is 112 Å². The first-order valence-electron chi connectivity index (χ1n) is 6.24. The molecule has 0 bridgehead atoms. The molecule has 2 rings (SSSR count). The fourth-order valence-corrected chi connectivity index (χ4v) is 1.90. The normalized spacial score (nSPS) is 10.9. The van der Waals surface area contributed by atoms with Crippen LogP contribution in [-0.4, -0.2) is 7.05 Å². The van der Waals surface area contributed by atoms with Crippen molar-refractivity contribution in [2.75, 3.05) is 7.05 Å². The number of aryl methyl sites for hydroxylation is 1. The molecule has 0 amide bonds. The Balaban J connectivity index is 1.89. The van der Waals surface area contributed by atoms with Crippen LogP contribution in [0.1, 0.15) is 22.6 Å². The number of ether oxygens (including phenoxy) is 1. The topological polar surface area (TPSA) is 34.4 Å². The van der Waals surface area contributed by atoms with Crippen LogP contribution in [0.3, 0.4) is 0 Å². The third-order valence-corrected chi connectivity index (χ3v) is 2.90. The lowest BCUT2D eigenvalue weighted by Gasteiger charge is -2.03. The predicted octanol–water partition coefficient (Wildman–Crippen LogP) is 3.16. The largest absolute Gasteiger partial charge is 0.464 e. The number of benzene rings is 1. The van der Waals surface area contributed by atoms with E-state index in [0.717, 1.165) is 23.6 Å². The molecule has 1 heterocycles. The van der Waals surface area contributed by atoms with Crippen LogP contribution in [0.5, 0.6) is 0 Å². The zero-order valence-corrected chi connectivity index (χ0v) is 11.2. The SMILES string of the molecule is CNCc1cc(COCc2ccccc2F)oc1C. The highest BCUT2D eigenvalue weighted by molar-refractivity contribution is 5.20. The van der Waals surface area contributed by atoms with E-state index in [-0.39, 0.29) is 12.4 Å². The Hall–Kier alpha value is -1.65. The van der Waals surface area contributed by atoms with Gasteiger partial charge in [0.15, 0.2) is 0 Å². The average molecular weight is 263 g/mol. The van der Waals surface area contributed by atoms with Gasteiger partial charge in [0.25, 0.3) is 0 Å². The van der Waals surface area contributed by atoms with E-state index >= 15 is 0 Å². The first kappa shape index (κ1) is 13.8. The number of halogens is 1. The summed E-state index contributed by atoms with van der Waals surface area (Å²) >= 11 is 0. The molecule has 19 heavy (non-hydrogen) atoms. The van der Waals surface area contributed by atoms with E-state index in [1.165, 1.54) is 6.07 Å². The maximum Gasteiger partial charge on any atom is 0.130 e. The van der Waals surface area contributed by atoms with Gasteiger partial charge in [-0.15, -0.1) is 0 Å². The molecule has 0 radical (unpaired) electrons. The number of furan rings is 1. The van der Waals surface area contributed by atoms with Crippen molar-refractivity contribution in [2.45, 2.75) is 26.7 Å². The Morgan fingerprint density at radius 2 is 2.00 bits per heavy atom. The molecule has 0 atom stereocenters. The van der Waals surface area contributed by atoms with Gasteiger partial charge in [-0.3, -0.25) is 0 Å². The molecule has 102 valence electrons. The molecular formula is C15H18FNO2. The molecule has 0 aliphatic rings. The number of rotatable bonds is 6. The van der Waals surface area contributed by atoms with Gasteiger partial charge in [-0.05, 0) is 26.1 Å². The summed E-state index contributed by atoms with van der Waals surface area (Å²) < 4.78 is 24.4. The van der Waals surface area contributed by atoms with Crippen molar-refractivity contribution in [3.8, 4) is 0 Å². The Morgan fingerprint density at radius 1 is 1.21 bits per heavy atom. The van der Waals surface area contributed by atoms with Crippen LogP contribution < -0.4 is 5.32 Å². The van der Waals surface area contributed by atoms with Gasteiger partial charge in [-0.25, -0.2) is 4.39 Å². The molecule has 4 heteroatoms. The molecule has 0 unspecified atom stereocenters. The van der Waals surface area contributed by atoms with Gasteiger partial charge in [0.1, 0.15) is 23.9 Å². The van der Waals surface area contributed by atoms with Crippen LogP contribution in [0.4, 0.5) is 4.39 Å². The summed E-state index contributed by atoms with van der Waals surface area (Å²) in [7, 11) is 1.89. The minimum atomic E-state index is -0.242. The van der Waals surface area contributed by atoms with Crippen molar-refractivity contribution in [3.05, 3.63) is 58.8 Å². The zero-order valence-electron chi connectivity index (χ0n) is 11.2. The molecule has 0 saturated carbocycles. The van der Waals surface area contributed by atoms with Crippen LogP contribution in [-0.2, 0) is 24.5 Å². The van der Waals surface area contributed by atoms with Crippen LogP contribution in [0, 0.1) is 12.7 Å². The number of nitrogens with one attached hydrogen (secondary N) is 1. The maximum atomic E-state index is 13.4. The number of hydrogen-bond donors (Lipinski definition) is 1. The highest BCUT2D eigenvalue weighted by Crippen LogP contribution is 2.16. The summed E-state index contributed by atoms with van der Waals surface area (Å²) in [5.41, 5.74) is 1.67. The van der Waals surface area contributed by atoms with Gasteiger partial charge in [-0.2, -0.15) is 0 Å². The summed E-state index contributed by atoms with van der Waals surface area (Å²) in [6.07, 6.45) is 0. The van der Waals surface area contributed by atoms with E-state index in [9.17, 15) is 4.39 Å². The molecular weight excluding hydrogens is 245 g/mol. The Kier molecular flexibility index (Phi) is 4.71. The van der Waals surface area contributed by atoms with E-state index in [1.807, 2.05) is 20.0 Å². The second-order valence-corrected chi connectivity index (χ2v) is 4.41. The van der Waals surface area contributed by atoms with E-state index < -0.39 is 0 Å². The van der Waals surface area contributed by atoms with Crippen LogP contribution in [0.25, 0.3) is 0 Å². The number of hydrogen-bond acceptors (Lipinski definition) is 3. The third kappa shape index (κ3) is 3.66. The van der Waals surface area contributed by atoms with Crippen molar-refractivity contribution in [1.82, 2.24) is 5.32 Å². The van der Waals surface area contributed by atoms with Gasteiger partial charge in [0, 0.05) is 17.7 Å². The van der Waals surface area contributed by atoms with Gasteiger partial charge in [0.05, 0.1) is 6.61 Å². The molecule has 0 aliphatic carbocycles. The highest BCUT2D eigenvalue weighted by Gasteiger charge is 2.07. The standard InChI is InChI=1S/C15H18FNO2/c1-11-13(8-17-2)7-14(19-11)10-18-9-12-5-3-4-6-15(12)16/h3-7,17H,8-10H2,1-2H3. The van der Waals surface area contributed by atoms with Crippen LogP contribution in [0.2, 0.25) is 0 Å². The summed E-state index contributed by atoms with van der Waals surface area (Å²) in [6.45, 7) is 3.28. The Bertz CT molecular complexity index is 537. The van der Waals surface area contributed by atoms with E-state index in [0.29, 0.717) is 12.2 Å². The molecule has 0 fully saturated rings. The van der Waals surface area contributed by atoms with Crippen LogP contribution >= 0.6 is 0 Å². The molecule has 1 aromatic carbocycles. The maximum absolute atomic E-state index is 13.4. The van der Waals surface area contributed by atoms with E-state index in [4.69, 9.17) is 9.15 Å². The minimum absolute atomic E-state index is 0.242. The molecule has 0 saturated heterocycles. The Morgan fingerprint density at radius 3 is 2.74 bits per heavy atom. The molecule has 2 aromatic rings. The highest BCUT2D eigenvalue weighted by atomic mass is 19.1. The van der Waals surface area contributed by atoms with Gasteiger partial charge >= 0.3 is 0 Å². The van der Waals surface area contributed by atoms with Crippen molar-refractivity contribution in [3.63, 3.8) is 0 Å². The average Bonchev–Trinajstić information content (AvgIpc) is 2.73. The van der Waals surface area contributed by atoms with E-state index in [2.05, 4.69) is 5.32 Å². The lowest BCUT2D eigenvalue weighted by Crippen LogP contribution is -2.04. The second-order valence-electron chi connectivity index (χ2n) is 4.41. The summed E-state index contributed by atoms with van der Waals surface area (Å²) in [5, 5.41) is 3.08.